The molecular weight excluding hydrogens is 188 g/mol. The molecule has 0 unspecified atom stereocenters. The van der Waals surface area contributed by atoms with Crippen molar-refractivity contribution in [2.24, 2.45) is 5.73 Å². The zero-order chi connectivity index (χ0) is 11.1. The Labute approximate surface area is 90.7 Å². The summed E-state index contributed by atoms with van der Waals surface area (Å²) in [5.41, 5.74) is 6.66. The van der Waals surface area contributed by atoms with Gasteiger partial charge in [-0.3, -0.25) is 9.78 Å². The van der Waals surface area contributed by atoms with Crippen LogP contribution in [0.2, 0.25) is 0 Å². The number of nitrogens with zero attached hydrogens (tertiary/aromatic N) is 1. The smallest absolute Gasteiger partial charge is 0.250 e. The molecule has 0 aliphatic rings. The second kappa shape index (κ2) is 6.17. The third kappa shape index (κ3) is 3.70. The highest BCUT2D eigenvalue weighted by Crippen LogP contribution is 2.10. The first-order valence-electron chi connectivity index (χ1n) is 5.49. The zero-order valence-corrected chi connectivity index (χ0v) is 9.20. The van der Waals surface area contributed by atoms with Crippen molar-refractivity contribution in [2.75, 3.05) is 0 Å². The monoisotopic (exact) mass is 206 g/mol. The summed E-state index contributed by atoms with van der Waals surface area (Å²) in [5.74, 6) is -0.381. The van der Waals surface area contributed by atoms with Crippen LogP contribution in [-0.4, -0.2) is 10.9 Å². The van der Waals surface area contributed by atoms with Crippen LogP contribution in [0.15, 0.2) is 18.3 Å². The fraction of sp³-hybridized carbons (Fsp3) is 0.500. The normalized spacial score (nSPS) is 10.2. The zero-order valence-electron chi connectivity index (χ0n) is 9.20. The molecule has 0 atom stereocenters. The summed E-state index contributed by atoms with van der Waals surface area (Å²) >= 11 is 0. The number of hydrogen-bond acceptors (Lipinski definition) is 2. The average molecular weight is 206 g/mol. The van der Waals surface area contributed by atoms with Gasteiger partial charge in [0.15, 0.2) is 0 Å². The number of rotatable bonds is 6. The minimum absolute atomic E-state index is 0.381. The van der Waals surface area contributed by atoms with Gasteiger partial charge in [0.25, 0.3) is 5.91 Å². The first-order valence-corrected chi connectivity index (χ1v) is 5.49. The van der Waals surface area contributed by atoms with Crippen molar-refractivity contribution in [1.29, 1.82) is 0 Å². The summed E-state index contributed by atoms with van der Waals surface area (Å²) in [6.45, 7) is 2.18. The molecule has 2 N–H and O–H groups in total. The maximum Gasteiger partial charge on any atom is 0.250 e. The number of pyridine rings is 1. The van der Waals surface area contributed by atoms with Crippen LogP contribution < -0.4 is 5.73 Å². The molecule has 0 spiro atoms. The molecule has 0 radical (unpaired) electrons. The molecule has 3 heteroatoms. The summed E-state index contributed by atoms with van der Waals surface area (Å²) in [6.07, 6.45) is 7.26. The van der Waals surface area contributed by atoms with Crippen molar-refractivity contribution in [3.8, 4) is 0 Å². The highest BCUT2D eigenvalue weighted by atomic mass is 16.1. The highest BCUT2D eigenvalue weighted by molar-refractivity contribution is 5.93. The molecule has 1 aromatic rings. The molecule has 0 aliphatic heterocycles. The standard InChI is InChI=1S/C12H18N2O/c1-2-3-4-5-8-11-10(12(13)15)7-6-9-14-11/h6-7,9H,2-5,8H2,1H3,(H2,13,15). The predicted octanol–water partition coefficient (Wildman–Crippen LogP) is 2.30. The van der Waals surface area contributed by atoms with E-state index in [1.165, 1.54) is 19.3 Å². The van der Waals surface area contributed by atoms with Crippen molar-refractivity contribution in [2.45, 2.75) is 39.0 Å². The highest BCUT2D eigenvalue weighted by Gasteiger charge is 2.07. The maximum absolute atomic E-state index is 11.1. The van der Waals surface area contributed by atoms with E-state index in [4.69, 9.17) is 5.73 Å². The van der Waals surface area contributed by atoms with Crippen molar-refractivity contribution in [3.05, 3.63) is 29.6 Å². The molecule has 0 aliphatic carbocycles. The number of hydrogen-bond donors (Lipinski definition) is 1. The van der Waals surface area contributed by atoms with Gasteiger partial charge < -0.3 is 5.73 Å². The predicted molar refractivity (Wildman–Crippen MR) is 60.6 cm³/mol. The van der Waals surface area contributed by atoms with E-state index in [0.29, 0.717) is 5.56 Å². The van der Waals surface area contributed by atoms with E-state index in [1.807, 2.05) is 0 Å². The number of primary amides is 1. The number of nitrogens with two attached hydrogens (primary N) is 1. The van der Waals surface area contributed by atoms with Crippen LogP contribution in [0.1, 0.15) is 48.7 Å². The van der Waals surface area contributed by atoms with Crippen LogP contribution in [0.25, 0.3) is 0 Å². The minimum atomic E-state index is -0.381. The van der Waals surface area contributed by atoms with Gasteiger partial charge in [0.2, 0.25) is 0 Å². The van der Waals surface area contributed by atoms with Gasteiger partial charge in [-0.1, -0.05) is 26.2 Å². The van der Waals surface area contributed by atoms with E-state index in [-0.39, 0.29) is 5.91 Å². The lowest BCUT2D eigenvalue weighted by Gasteiger charge is -2.04. The minimum Gasteiger partial charge on any atom is -0.366 e. The molecule has 0 bridgehead atoms. The summed E-state index contributed by atoms with van der Waals surface area (Å²) in [4.78, 5) is 15.3. The fourth-order valence-corrected chi connectivity index (χ4v) is 1.58. The second-order valence-electron chi connectivity index (χ2n) is 3.67. The molecule has 15 heavy (non-hydrogen) atoms. The Balaban J connectivity index is 2.56. The number of carbonyl (C=O) groups is 1. The van der Waals surface area contributed by atoms with Gasteiger partial charge in [0.1, 0.15) is 0 Å². The SMILES string of the molecule is CCCCCCc1ncccc1C(N)=O. The molecular formula is C12H18N2O. The third-order valence-corrected chi connectivity index (χ3v) is 2.42. The quantitative estimate of drug-likeness (QED) is 0.726. The van der Waals surface area contributed by atoms with E-state index in [9.17, 15) is 4.79 Å². The van der Waals surface area contributed by atoms with Gasteiger partial charge in [0, 0.05) is 6.20 Å². The van der Waals surface area contributed by atoms with Gasteiger partial charge in [-0.25, -0.2) is 0 Å². The summed E-state index contributed by atoms with van der Waals surface area (Å²) in [5, 5.41) is 0. The van der Waals surface area contributed by atoms with E-state index in [0.717, 1.165) is 18.5 Å². The average Bonchev–Trinajstić information content (AvgIpc) is 2.25. The molecule has 1 aromatic heterocycles. The van der Waals surface area contributed by atoms with E-state index in [2.05, 4.69) is 11.9 Å². The molecule has 1 amide bonds. The van der Waals surface area contributed by atoms with E-state index < -0.39 is 0 Å². The number of unbranched alkanes of at least 4 members (excludes halogenated alkanes) is 3. The van der Waals surface area contributed by atoms with Crippen LogP contribution >= 0.6 is 0 Å². The lowest BCUT2D eigenvalue weighted by molar-refractivity contribution is 0.0999. The van der Waals surface area contributed by atoms with Crippen LogP contribution in [-0.2, 0) is 6.42 Å². The summed E-state index contributed by atoms with van der Waals surface area (Å²) in [7, 11) is 0. The number of amides is 1. The third-order valence-electron chi connectivity index (χ3n) is 2.42. The van der Waals surface area contributed by atoms with Crippen molar-refractivity contribution in [1.82, 2.24) is 4.98 Å². The van der Waals surface area contributed by atoms with Crippen LogP contribution in [0.4, 0.5) is 0 Å². The largest absolute Gasteiger partial charge is 0.366 e. The molecule has 0 saturated carbocycles. The molecule has 1 heterocycles. The Hall–Kier alpha value is -1.38. The van der Waals surface area contributed by atoms with Gasteiger partial charge in [-0.2, -0.15) is 0 Å². The van der Waals surface area contributed by atoms with Gasteiger partial charge in [0.05, 0.1) is 11.3 Å². The Kier molecular flexibility index (Phi) is 4.81. The van der Waals surface area contributed by atoms with Crippen LogP contribution in [0, 0.1) is 0 Å². The first kappa shape index (κ1) is 11.7. The molecule has 3 nitrogen and oxygen atoms in total. The second-order valence-corrected chi connectivity index (χ2v) is 3.67. The van der Waals surface area contributed by atoms with Crippen molar-refractivity contribution >= 4 is 5.91 Å². The number of aromatic nitrogens is 1. The summed E-state index contributed by atoms with van der Waals surface area (Å²) < 4.78 is 0. The summed E-state index contributed by atoms with van der Waals surface area (Å²) in [6, 6.07) is 3.49. The van der Waals surface area contributed by atoms with E-state index in [1.54, 1.807) is 18.3 Å². The molecule has 0 saturated heterocycles. The van der Waals surface area contributed by atoms with Gasteiger partial charge in [-0.05, 0) is 25.0 Å². The van der Waals surface area contributed by atoms with Gasteiger partial charge >= 0.3 is 0 Å². The Morgan fingerprint density at radius 3 is 2.87 bits per heavy atom. The lowest BCUT2D eigenvalue weighted by Crippen LogP contribution is -2.14. The van der Waals surface area contributed by atoms with Crippen molar-refractivity contribution in [3.63, 3.8) is 0 Å². The molecule has 82 valence electrons. The first-order chi connectivity index (χ1) is 7.25. The van der Waals surface area contributed by atoms with Crippen LogP contribution in [0.5, 0.6) is 0 Å². The number of aryl methyl sites for hydroxylation is 1. The molecule has 0 aromatic carbocycles. The Morgan fingerprint density at radius 1 is 1.40 bits per heavy atom. The van der Waals surface area contributed by atoms with Crippen LogP contribution in [0.3, 0.4) is 0 Å². The Morgan fingerprint density at radius 2 is 2.20 bits per heavy atom. The maximum atomic E-state index is 11.1. The van der Waals surface area contributed by atoms with Gasteiger partial charge in [-0.15, -0.1) is 0 Å². The lowest BCUT2D eigenvalue weighted by atomic mass is 10.1. The molecule has 0 fully saturated rings. The number of carbonyl (C=O) groups excluding carboxylic acids is 1. The van der Waals surface area contributed by atoms with E-state index >= 15 is 0 Å². The fourth-order valence-electron chi connectivity index (χ4n) is 1.58. The van der Waals surface area contributed by atoms with Crippen molar-refractivity contribution < 1.29 is 4.79 Å². The topological polar surface area (TPSA) is 56.0 Å². The molecule has 1 rings (SSSR count). The Bertz CT molecular complexity index is 323.